The lowest BCUT2D eigenvalue weighted by molar-refractivity contribution is -0.116. The zero-order valence-electron chi connectivity index (χ0n) is 9.64. The Morgan fingerprint density at radius 1 is 1.38 bits per heavy atom. The van der Waals surface area contributed by atoms with E-state index in [2.05, 4.69) is 21.2 Å². The van der Waals surface area contributed by atoms with Gasteiger partial charge >= 0.3 is 0 Å². The first-order valence-electron chi connectivity index (χ1n) is 5.63. The molecular formula is C13H16BrNO. The molecule has 1 aliphatic rings. The number of anilines is 1. The van der Waals surface area contributed by atoms with Gasteiger partial charge in [-0.2, -0.15) is 0 Å². The van der Waals surface area contributed by atoms with Crippen LogP contribution in [0.4, 0.5) is 5.69 Å². The van der Waals surface area contributed by atoms with Crippen molar-refractivity contribution in [3.05, 3.63) is 27.7 Å². The van der Waals surface area contributed by atoms with Crippen LogP contribution in [0.5, 0.6) is 0 Å². The molecule has 0 saturated heterocycles. The second kappa shape index (κ2) is 4.58. The van der Waals surface area contributed by atoms with Crippen molar-refractivity contribution in [3.63, 3.8) is 0 Å². The molecule has 3 heteroatoms. The van der Waals surface area contributed by atoms with Crippen molar-refractivity contribution >= 4 is 27.5 Å². The Hall–Kier alpha value is -0.830. The fourth-order valence-corrected chi connectivity index (χ4v) is 2.57. The van der Waals surface area contributed by atoms with Crippen molar-refractivity contribution in [2.45, 2.75) is 33.1 Å². The molecule has 0 spiro atoms. The molecule has 86 valence electrons. The van der Waals surface area contributed by atoms with Gasteiger partial charge in [-0.15, -0.1) is 0 Å². The van der Waals surface area contributed by atoms with E-state index in [1.54, 1.807) is 0 Å². The number of nitrogens with one attached hydrogen (secondary N) is 1. The Bertz CT molecular complexity index is 401. The summed E-state index contributed by atoms with van der Waals surface area (Å²) in [5.41, 5.74) is 3.18. The van der Waals surface area contributed by atoms with E-state index in [9.17, 15) is 4.79 Å². The van der Waals surface area contributed by atoms with E-state index in [1.807, 2.05) is 26.0 Å². The average Bonchev–Trinajstić information content (AvgIpc) is 2.95. The summed E-state index contributed by atoms with van der Waals surface area (Å²) in [5, 5.41) is 3.02. The lowest BCUT2D eigenvalue weighted by atomic mass is 10.1. The van der Waals surface area contributed by atoms with Crippen molar-refractivity contribution in [1.29, 1.82) is 0 Å². The molecule has 1 aromatic rings. The summed E-state index contributed by atoms with van der Waals surface area (Å²) in [6, 6.07) is 4.06. The third-order valence-corrected chi connectivity index (χ3v) is 3.39. The number of carbonyl (C=O) groups excluding carboxylic acids is 1. The predicted molar refractivity (Wildman–Crippen MR) is 69.6 cm³/mol. The molecule has 0 unspecified atom stereocenters. The number of amides is 1. The monoisotopic (exact) mass is 281 g/mol. The smallest absolute Gasteiger partial charge is 0.224 e. The van der Waals surface area contributed by atoms with E-state index in [-0.39, 0.29) is 5.91 Å². The standard InChI is InChI=1S/C13H16BrNO/c1-8-5-11(14)6-9(2)13(8)15-12(16)7-10-3-4-10/h5-6,10H,3-4,7H2,1-2H3,(H,15,16). The van der Waals surface area contributed by atoms with Crippen LogP contribution in [0.1, 0.15) is 30.4 Å². The maximum Gasteiger partial charge on any atom is 0.224 e. The molecule has 0 atom stereocenters. The molecule has 0 heterocycles. The summed E-state index contributed by atoms with van der Waals surface area (Å²) in [4.78, 5) is 11.7. The first kappa shape index (κ1) is 11.6. The van der Waals surface area contributed by atoms with Crippen molar-refractivity contribution in [1.82, 2.24) is 0 Å². The number of halogens is 1. The van der Waals surface area contributed by atoms with Gasteiger partial charge in [0.25, 0.3) is 0 Å². The molecule has 1 N–H and O–H groups in total. The summed E-state index contributed by atoms with van der Waals surface area (Å²) in [6.45, 7) is 4.04. The average molecular weight is 282 g/mol. The Balaban J connectivity index is 2.10. The van der Waals surface area contributed by atoms with Crippen LogP contribution in [0.25, 0.3) is 0 Å². The molecule has 0 bridgehead atoms. The second-order valence-corrected chi connectivity index (χ2v) is 5.53. The van der Waals surface area contributed by atoms with Gasteiger partial charge in [0.15, 0.2) is 0 Å². The van der Waals surface area contributed by atoms with Crippen molar-refractivity contribution < 1.29 is 4.79 Å². The van der Waals surface area contributed by atoms with Crippen LogP contribution in [0.15, 0.2) is 16.6 Å². The Labute approximate surface area is 105 Å². The highest BCUT2D eigenvalue weighted by molar-refractivity contribution is 9.10. The molecule has 0 aliphatic heterocycles. The van der Waals surface area contributed by atoms with E-state index in [4.69, 9.17) is 0 Å². The van der Waals surface area contributed by atoms with Crippen molar-refractivity contribution in [2.24, 2.45) is 5.92 Å². The van der Waals surface area contributed by atoms with Gasteiger partial charge in [0.1, 0.15) is 0 Å². The zero-order valence-corrected chi connectivity index (χ0v) is 11.2. The van der Waals surface area contributed by atoms with Crippen LogP contribution < -0.4 is 5.32 Å². The van der Waals surface area contributed by atoms with Gasteiger partial charge in [0.05, 0.1) is 0 Å². The first-order chi connectivity index (χ1) is 7.56. The van der Waals surface area contributed by atoms with Gasteiger partial charge in [-0.25, -0.2) is 0 Å². The second-order valence-electron chi connectivity index (χ2n) is 4.61. The van der Waals surface area contributed by atoms with Gasteiger partial charge in [-0.3, -0.25) is 4.79 Å². The summed E-state index contributed by atoms with van der Waals surface area (Å²) >= 11 is 3.45. The number of rotatable bonds is 3. The molecule has 1 fully saturated rings. The number of hydrogen-bond acceptors (Lipinski definition) is 1. The maximum atomic E-state index is 11.7. The first-order valence-corrected chi connectivity index (χ1v) is 6.42. The number of carbonyl (C=O) groups is 1. The number of hydrogen-bond donors (Lipinski definition) is 1. The van der Waals surface area contributed by atoms with E-state index >= 15 is 0 Å². The lowest BCUT2D eigenvalue weighted by Crippen LogP contribution is -2.13. The lowest BCUT2D eigenvalue weighted by Gasteiger charge is -2.12. The van der Waals surface area contributed by atoms with Crippen LogP contribution in [0.3, 0.4) is 0 Å². The summed E-state index contributed by atoms with van der Waals surface area (Å²) < 4.78 is 1.06. The van der Waals surface area contributed by atoms with Crippen molar-refractivity contribution in [3.8, 4) is 0 Å². The van der Waals surface area contributed by atoms with E-state index in [0.29, 0.717) is 12.3 Å². The van der Waals surface area contributed by atoms with Gasteiger partial charge < -0.3 is 5.32 Å². The van der Waals surface area contributed by atoms with Gasteiger partial charge in [-0.05, 0) is 55.9 Å². The Kier molecular flexibility index (Phi) is 3.33. The van der Waals surface area contributed by atoms with E-state index < -0.39 is 0 Å². The van der Waals surface area contributed by atoms with Crippen molar-refractivity contribution in [2.75, 3.05) is 5.32 Å². The largest absolute Gasteiger partial charge is 0.326 e. The van der Waals surface area contributed by atoms with Gasteiger partial charge in [0, 0.05) is 16.6 Å². The maximum absolute atomic E-state index is 11.7. The molecule has 2 nitrogen and oxygen atoms in total. The minimum Gasteiger partial charge on any atom is -0.326 e. The molecule has 1 saturated carbocycles. The Morgan fingerprint density at radius 3 is 2.44 bits per heavy atom. The van der Waals surface area contributed by atoms with Gasteiger partial charge in [-0.1, -0.05) is 15.9 Å². The fraction of sp³-hybridized carbons (Fsp3) is 0.462. The van der Waals surface area contributed by atoms with Crippen LogP contribution in [0.2, 0.25) is 0 Å². The molecule has 0 aromatic heterocycles. The SMILES string of the molecule is Cc1cc(Br)cc(C)c1NC(=O)CC1CC1. The highest BCUT2D eigenvalue weighted by Crippen LogP contribution is 2.33. The minimum atomic E-state index is 0.149. The fourth-order valence-electron chi connectivity index (χ4n) is 1.88. The molecular weight excluding hydrogens is 266 g/mol. The minimum absolute atomic E-state index is 0.149. The molecule has 1 amide bonds. The van der Waals surface area contributed by atoms with Crippen LogP contribution in [0, 0.1) is 19.8 Å². The normalized spacial score (nSPS) is 14.9. The molecule has 1 aliphatic carbocycles. The third-order valence-electron chi connectivity index (χ3n) is 2.93. The van der Waals surface area contributed by atoms with E-state index in [1.165, 1.54) is 12.8 Å². The molecule has 16 heavy (non-hydrogen) atoms. The van der Waals surface area contributed by atoms with Gasteiger partial charge in [0.2, 0.25) is 5.91 Å². The highest BCUT2D eigenvalue weighted by atomic mass is 79.9. The Morgan fingerprint density at radius 2 is 1.94 bits per heavy atom. The van der Waals surface area contributed by atoms with Crippen LogP contribution in [-0.2, 0) is 4.79 Å². The predicted octanol–water partition coefficient (Wildman–Crippen LogP) is 3.80. The molecule has 2 rings (SSSR count). The highest BCUT2D eigenvalue weighted by Gasteiger charge is 2.24. The summed E-state index contributed by atoms with van der Waals surface area (Å²) in [5.74, 6) is 0.784. The van der Waals surface area contributed by atoms with E-state index in [0.717, 1.165) is 21.3 Å². The number of benzene rings is 1. The van der Waals surface area contributed by atoms with Crippen LogP contribution in [-0.4, -0.2) is 5.91 Å². The quantitative estimate of drug-likeness (QED) is 0.897. The zero-order chi connectivity index (χ0) is 11.7. The third kappa shape index (κ3) is 2.85. The number of aryl methyl sites for hydroxylation is 2. The van der Waals surface area contributed by atoms with Crippen LogP contribution >= 0.6 is 15.9 Å². The molecule has 0 radical (unpaired) electrons. The summed E-state index contributed by atoms with van der Waals surface area (Å²) in [6.07, 6.45) is 3.10. The summed E-state index contributed by atoms with van der Waals surface area (Å²) in [7, 11) is 0. The molecule has 1 aromatic carbocycles. The topological polar surface area (TPSA) is 29.1 Å².